The quantitative estimate of drug-likeness (QED) is 0.686. The first-order chi connectivity index (χ1) is 12.5. The third-order valence-corrected chi connectivity index (χ3v) is 5.62. The second-order valence-electron chi connectivity index (χ2n) is 5.44. The lowest BCUT2D eigenvalue weighted by Gasteiger charge is -2.23. The molecular formula is C19H20N2O4S. The summed E-state index contributed by atoms with van der Waals surface area (Å²) in [6, 6.07) is 16.4. The highest BCUT2D eigenvalue weighted by atomic mass is 32.2. The maximum Gasteiger partial charge on any atom is 0.207 e. The lowest BCUT2D eigenvalue weighted by Crippen LogP contribution is -2.29. The number of rotatable bonds is 8. The predicted octanol–water partition coefficient (Wildman–Crippen LogP) is 1.82. The van der Waals surface area contributed by atoms with E-state index in [1.54, 1.807) is 53.4 Å². The molecule has 2 N–H and O–H groups in total. The van der Waals surface area contributed by atoms with Crippen molar-refractivity contribution < 1.29 is 18.6 Å². The van der Waals surface area contributed by atoms with Gasteiger partial charge in [0.2, 0.25) is 9.84 Å². The Bertz CT molecular complexity index is 879. The van der Waals surface area contributed by atoms with Gasteiger partial charge in [-0.1, -0.05) is 30.3 Å². The molecule has 0 heterocycles. The minimum atomic E-state index is -3.82. The first-order valence-corrected chi connectivity index (χ1v) is 9.50. The summed E-state index contributed by atoms with van der Waals surface area (Å²) < 4.78 is 25.7. The van der Waals surface area contributed by atoms with Crippen molar-refractivity contribution in [2.45, 2.75) is 4.90 Å². The Hall–Kier alpha value is -2.66. The van der Waals surface area contributed by atoms with Crippen LogP contribution in [0.25, 0.3) is 4.91 Å². The number of sulfone groups is 1. The summed E-state index contributed by atoms with van der Waals surface area (Å²) in [5.74, 6) is 0. The lowest BCUT2D eigenvalue weighted by atomic mass is 10.1. The van der Waals surface area contributed by atoms with Crippen LogP contribution in [0.2, 0.25) is 0 Å². The Morgan fingerprint density at radius 3 is 2.08 bits per heavy atom. The van der Waals surface area contributed by atoms with Gasteiger partial charge in [-0.2, -0.15) is 5.26 Å². The van der Waals surface area contributed by atoms with Crippen LogP contribution in [-0.2, 0) is 9.84 Å². The van der Waals surface area contributed by atoms with Crippen molar-refractivity contribution in [3.05, 3.63) is 66.2 Å². The third-order valence-electron chi connectivity index (χ3n) is 3.80. The molecule has 0 aliphatic heterocycles. The standard InChI is InChI=1S/C19H20N2O4S/c20-11-10-19(26(24,25)18-4-2-1-3-5-18)16-6-8-17(9-7-16)21(12-14-22)13-15-23/h1-10,22-23H,12-15H2. The van der Waals surface area contributed by atoms with Gasteiger partial charge in [0.25, 0.3) is 0 Å². The molecule has 2 rings (SSSR count). The molecule has 2 aromatic rings. The number of allylic oxidation sites excluding steroid dienone is 1. The molecule has 0 atom stereocenters. The average molecular weight is 372 g/mol. The molecule has 0 aromatic heterocycles. The first-order valence-electron chi connectivity index (χ1n) is 8.01. The highest BCUT2D eigenvalue weighted by Gasteiger charge is 2.22. The van der Waals surface area contributed by atoms with Gasteiger partial charge in [-0.15, -0.1) is 0 Å². The van der Waals surface area contributed by atoms with Crippen molar-refractivity contribution in [3.8, 4) is 6.07 Å². The topological polar surface area (TPSA) is 102 Å². The molecule has 0 fully saturated rings. The van der Waals surface area contributed by atoms with Gasteiger partial charge < -0.3 is 15.1 Å². The minimum absolute atomic E-state index is 0.0658. The Morgan fingerprint density at radius 1 is 1.00 bits per heavy atom. The molecule has 0 spiro atoms. The van der Waals surface area contributed by atoms with Crippen LogP contribution in [0.15, 0.2) is 65.6 Å². The van der Waals surface area contributed by atoms with Crippen LogP contribution < -0.4 is 4.90 Å². The van der Waals surface area contributed by atoms with Crippen molar-refractivity contribution in [1.82, 2.24) is 0 Å². The fraction of sp³-hybridized carbons (Fsp3) is 0.211. The minimum Gasteiger partial charge on any atom is -0.395 e. The molecular weight excluding hydrogens is 352 g/mol. The number of anilines is 1. The molecule has 136 valence electrons. The van der Waals surface area contributed by atoms with Crippen LogP contribution in [0.4, 0.5) is 5.69 Å². The maximum absolute atomic E-state index is 12.9. The molecule has 0 saturated carbocycles. The molecule has 0 aliphatic carbocycles. The number of aliphatic hydroxyl groups excluding tert-OH is 2. The first kappa shape index (κ1) is 19.7. The molecule has 0 radical (unpaired) electrons. The van der Waals surface area contributed by atoms with Gasteiger partial charge in [-0.3, -0.25) is 0 Å². The zero-order valence-electron chi connectivity index (χ0n) is 14.1. The Kier molecular flexibility index (Phi) is 6.92. The Morgan fingerprint density at radius 2 is 1.58 bits per heavy atom. The molecule has 0 bridgehead atoms. The van der Waals surface area contributed by atoms with Crippen molar-refractivity contribution in [2.75, 3.05) is 31.2 Å². The van der Waals surface area contributed by atoms with Crippen molar-refractivity contribution in [3.63, 3.8) is 0 Å². The van der Waals surface area contributed by atoms with Gasteiger partial charge >= 0.3 is 0 Å². The molecule has 0 saturated heterocycles. The predicted molar refractivity (Wildman–Crippen MR) is 100 cm³/mol. The molecule has 2 aromatic carbocycles. The van der Waals surface area contributed by atoms with Crippen LogP contribution in [0, 0.1) is 11.3 Å². The summed E-state index contributed by atoms with van der Waals surface area (Å²) in [6.45, 7) is 0.569. The van der Waals surface area contributed by atoms with Gasteiger partial charge in [-0.05, 0) is 29.8 Å². The van der Waals surface area contributed by atoms with E-state index in [-0.39, 0.29) is 23.0 Å². The summed E-state index contributed by atoms with van der Waals surface area (Å²) in [6.07, 6.45) is 1.02. The van der Waals surface area contributed by atoms with Gasteiger partial charge in [0.1, 0.15) is 0 Å². The maximum atomic E-state index is 12.9. The fourth-order valence-electron chi connectivity index (χ4n) is 2.55. The monoisotopic (exact) mass is 372 g/mol. The van der Waals surface area contributed by atoms with Crippen LogP contribution in [0.5, 0.6) is 0 Å². The van der Waals surface area contributed by atoms with Crippen LogP contribution in [0.3, 0.4) is 0 Å². The number of nitriles is 1. The summed E-state index contributed by atoms with van der Waals surface area (Å²) in [5, 5.41) is 27.3. The van der Waals surface area contributed by atoms with Crippen LogP contribution in [-0.4, -0.2) is 44.9 Å². The zero-order valence-corrected chi connectivity index (χ0v) is 14.9. The average Bonchev–Trinajstić information content (AvgIpc) is 2.67. The van der Waals surface area contributed by atoms with E-state index in [9.17, 15) is 8.42 Å². The number of aliphatic hydroxyl groups is 2. The number of benzene rings is 2. The molecule has 0 aliphatic rings. The van der Waals surface area contributed by atoms with Crippen molar-refractivity contribution in [1.29, 1.82) is 5.26 Å². The van der Waals surface area contributed by atoms with Gasteiger partial charge in [-0.25, -0.2) is 8.42 Å². The number of hydrogen-bond acceptors (Lipinski definition) is 6. The van der Waals surface area contributed by atoms with Crippen molar-refractivity contribution in [2.24, 2.45) is 0 Å². The summed E-state index contributed by atoms with van der Waals surface area (Å²) >= 11 is 0. The zero-order chi connectivity index (χ0) is 19.0. The number of hydrogen-bond donors (Lipinski definition) is 2. The fourth-order valence-corrected chi connectivity index (χ4v) is 3.97. The summed E-state index contributed by atoms with van der Waals surface area (Å²) in [4.78, 5) is 1.82. The van der Waals surface area contributed by atoms with Gasteiger partial charge in [0.05, 0.1) is 29.1 Å². The Balaban J connectivity index is 2.41. The largest absolute Gasteiger partial charge is 0.395 e. The van der Waals surface area contributed by atoms with Crippen molar-refractivity contribution >= 4 is 20.4 Å². The Labute approximate surface area is 153 Å². The molecule has 0 unspecified atom stereocenters. The normalized spacial score (nSPS) is 11.8. The molecule has 0 amide bonds. The van der Waals surface area contributed by atoms with Crippen LogP contribution in [0.1, 0.15) is 5.56 Å². The molecule has 26 heavy (non-hydrogen) atoms. The molecule has 7 heteroatoms. The van der Waals surface area contributed by atoms with E-state index < -0.39 is 9.84 Å². The summed E-state index contributed by atoms with van der Waals surface area (Å²) in [7, 11) is -3.82. The lowest BCUT2D eigenvalue weighted by molar-refractivity contribution is 0.281. The summed E-state index contributed by atoms with van der Waals surface area (Å²) in [5.41, 5.74) is 1.14. The second kappa shape index (κ2) is 9.15. The number of nitrogens with zero attached hydrogens (tertiary/aromatic N) is 2. The second-order valence-corrected chi connectivity index (χ2v) is 7.35. The van der Waals surface area contributed by atoms with E-state index in [1.807, 2.05) is 0 Å². The molecule has 6 nitrogen and oxygen atoms in total. The van der Waals surface area contributed by atoms with E-state index in [0.717, 1.165) is 11.8 Å². The van der Waals surface area contributed by atoms with E-state index in [0.29, 0.717) is 18.7 Å². The highest BCUT2D eigenvalue weighted by Crippen LogP contribution is 2.29. The van der Waals surface area contributed by atoms with E-state index in [2.05, 4.69) is 0 Å². The SMILES string of the molecule is N#CC=C(c1ccc(N(CCO)CCO)cc1)S(=O)(=O)c1ccccc1. The van der Waals surface area contributed by atoms with E-state index in [4.69, 9.17) is 15.5 Å². The van der Waals surface area contributed by atoms with Gasteiger partial charge in [0, 0.05) is 24.9 Å². The van der Waals surface area contributed by atoms with E-state index in [1.165, 1.54) is 12.1 Å². The van der Waals surface area contributed by atoms with Crippen LogP contribution >= 0.6 is 0 Å². The third kappa shape index (κ3) is 4.49. The van der Waals surface area contributed by atoms with E-state index >= 15 is 0 Å². The van der Waals surface area contributed by atoms with Gasteiger partial charge in [0.15, 0.2) is 0 Å². The highest BCUT2D eigenvalue weighted by molar-refractivity contribution is 8.00. The smallest absolute Gasteiger partial charge is 0.207 e.